The minimum Gasteiger partial charge on any atom is -0.356 e. The number of amides is 1. The summed E-state index contributed by atoms with van der Waals surface area (Å²) in [4.78, 5) is 16.7. The highest BCUT2D eigenvalue weighted by Gasteiger charge is 2.16. The molecule has 1 atom stereocenters. The Hall–Kier alpha value is -1.36. The van der Waals surface area contributed by atoms with Crippen molar-refractivity contribution in [2.24, 2.45) is 0 Å². The van der Waals surface area contributed by atoms with Gasteiger partial charge in [0.25, 0.3) is 0 Å². The Morgan fingerprint density at radius 3 is 2.75 bits per heavy atom. The van der Waals surface area contributed by atoms with Gasteiger partial charge in [0.15, 0.2) is 11.6 Å². The average Bonchev–Trinajstić information content (AvgIpc) is 2.20. The predicted octanol–water partition coefficient (Wildman–Crippen LogP) is 1.76. The normalized spacial score (nSPS) is 12.1. The first-order valence-electron chi connectivity index (χ1n) is 4.70. The number of aromatic nitrogens is 1. The number of likely N-dealkylation sites (N-methyl/N-ethyl adjacent to an activating group) is 1. The van der Waals surface area contributed by atoms with Gasteiger partial charge in [-0.15, -0.1) is 0 Å². The van der Waals surface area contributed by atoms with E-state index in [9.17, 15) is 9.18 Å². The lowest BCUT2D eigenvalue weighted by Crippen LogP contribution is -2.37. The quantitative estimate of drug-likeness (QED) is 0.883. The van der Waals surface area contributed by atoms with Crippen LogP contribution in [0.15, 0.2) is 12.3 Å². The molecule has 6 heteroatoms. The number of hydrogen-bond donors (Lipinski definition) is 1. The number of carbonyl (C=O) groups is 1. The van der Waals surface area contributed by atoms with Gasteiger partial charge < -0.3 is 10.2 Å². The summed E-state index contributed by atoms with van der Waals surface area (Å²) >= 11 is 5.56. The molecule has 0 aromatic carbocycles. The van der Waals surface area contributed by atoms with E-state index in [0.29, 0.717) is 0 Å². The van der Waals surface area contributed by atoms with Crippen LogP contribution in [0.1, 0.15) is 6.92 Å². The minimum atomic E-state index is -0.578. The number of anilines is 1. The molecule has 0 saturated carbocycles. The molecule has 0 aliphatic carbocycles. The topological polar surface area (TPSA) is 45.2 Å². The largest absolute Gasteiger partial charge is 0.356 e. The Kier molecular flexibility index (Phi) is 4.06. The lowest BCUT2D eigenvalue weighted by molar-refractivity contribution is -0.129. The second-order valence-corrected chi connectivity index (χ2v) is 4.02. The highest BCUT2D eigenvalue weighted by Crippen LogP contribution is 2.16. The van der Waals surface area contributed by atoms with E-state index in [4.69, 9.17) is 11.6 Å². The van der Waals surface area contributed by atoms with Crippen LogP contribution in [0.2, 0.25) is 5.02 Å². The summed E-state index contributed by atoms with van der Waals surface area (Å²) in [6, 6.07) is 0.599. The summed E-state index contributed by atoms with van der Waals surface area (Å²) in [7, 11) is 3.26. The van der Waals surface area contributed by atoms with Gasteiger partial charge in [0, 0.05) is 20.3 Å². The summed E-state index contributed by atoms with van der Waals surface area (Å²) in [6.07, 6.45) is 1.32. The summed E-state index contributed by atoms with van der Waals surface area (Å²) in [6.45, 7) is 1.64. The van der Waals surface area contributed by atoms with Crippen LogP contribution >= 0.6 is 11.6 Å². The van der Waals surface area contributed by atoms with Gasteiger partial charge >= 0.3 is 0 Å². The molecule has 1 heterocycles. The number of nitrogens with zero attached hydrogens (tertiary/aromatic N) is 2. The summed E-state index contributed by atoms with van der Waals surface area (Å²) in [5.41, 5.74) is 0. The Morgan fingerprint density at radius 2 is 2.25 bits per heavy atom. The number of pyridine rings is 1. The van der Waals surface area contributed by atoms with Crippen LogP contribution in [0.25, 0.3) is 0 Å². The third-order valence-electron chi connectivity index (χ3n) is 1.97. The first-order chi connectivity index (χ1) is 7.41. The highest BCUT2D eigenvalue weighted by molar-refractivity contribution is 6.30. The molecule has 0 aliphatic rings. The van der Waals surface area contributed by atoms with Crippen molar-refractivity contribution < 1.29 is 9.18 Å². The SMILES string of the molecule is C[C@H](Nc1ncc(Cl)cc1F)C(=O)N(C)C. The summed E-state index contributed by atoms with van der Waals surface area (Å²) < 4.78 is 13.3. The summed E-state index contributed by atoms with van der Waals surface area (Å²) in [5.74, 6) is -0.714. The van der Waals surface area contributed by atoms with E-state index in [-0.39, 0.29) is 16.7 Å². The van der Waals surface area contributed by atoms with Gasteiger partial charge in [-0.2, -0.15) is 0 Å². The zero-order valence-electron chi connectivity index (χ0n) is 9.29. The molecule has 0 aliphatic heterocycles. The molecule has 1 rings (SSSR count). The fourth-order valence-electron chi connectivity index (χ4n) is 1.17. The Morgan fingerprint density at radius 1 is 1.62 bits per heavy atom. The van der Waals surface area contributed by atoms with Gasteiger partial charge in [0.2, 0.25) is 5.91 Å². The van der Waals surface area contributed by atoms with Gasteiger partial charge in [-0.1, -0.05) is 11.6 Å². The lowest BCUT2D eigenvalue weighted by Gasteiger charge is -2.18. The maximum atomic E-state index is 13.3. The molecule has 4 nitrogen and oxygen atoms in total. The van der Waals surface area contributed by atoms with Crippen molar-refractivity contribution >= 4 is 23.3 Å². The predicted molar refractivity (Wildman–Crippen MR) is 61.0 cm³/mol. The fraction of sp³-hybridized carbons (Fsp3) is 0.400. The molecular weight excluding hydrogens is 233 g/mol. The summed E-state index contributed by atoms with van der Waals surface area (Å²) in [5, 5.41) is 2.90. The number of rotatable bonds is 3. The average molecular weight is 246 g/mol. The molecule has 1 N–H and O–H groups in total. The van der Waals surface area contributed by atoms with Crippen molar-refractivity contribution in [1.82, 2.24) is 9.88 Å². The standard InChI is InChI=1S/C10H13ClFN3O/c1-6(10(16)15(2)3)14-9-8(12)4-7(11)5-13-9/h4-6H,1-3H3,(H,13,14)/t6-/m0/s1. The molecule has 0 bridgehead atoms. The zero-order chi connectivity index (χ0) is 12.3. The van der Waals surface area contributed by atoms with E-state index in [2.05, 4.69) is 10.3 Å². The van der Waals surface area contributed by atoms with E-state index in [1.54, 1.807) is 21.0 Å². The van der Waals surface area contributed by atoms with Gasteiger partial charge in [0.05, 0.1) is 5.02 Å². The van der Waals surface area contributed by atoms with Crippen molar-refractivity contribution in [3.8, 4) is 0 Å². The van der Waals surface area contributed by atoms with Gasteiger partial charge in [-0.05, 0) is 13.0 Å². The van der Waals surface area contributed by atoms with E-state index < -0.39 is 11.9 Å². The smallest absolute Gasteiger partial charge is 0.244 e. The van der Waals surface area contributed by atoms with E-state index in [0.717, 1.165) is 6.07 Å². The number of nitrogens with one attached hydrogen (secondary N) is 1. The van der Waals surface area contributed by atoms with Gasteiger partial charge in [-0.25, -0.2) is 9.37 Å². The van der Waals surface area contributed by atoms with Crippen LogP contribution in [-0.4, -0.2) is 35.9 Å². The molecule has 1 amide bonds. The van der Waals surface area contributed by atoms with Crippen molar-refractivity contribution in [3.63, 3.8) is 0 Å². The minimum absolute atomic E-state index is 0.0205. The first-order valence-corrected chi connectivity index (χ1v) is 5.08. The maximum Gasteiger partial charge on any atom is 0.244 e. The molecule has 1 aromatic rings. The van der Waals surface area contributed by atoms with Gasteiger partial charge in [0.1, 0.15) is 6.04 Å². The van der Waals surface area contributed by atoms with Crippen LogP contribution in [0.5, 0.6) is 0 Å². The molecule has 16 heavy (non-hydrogen) atoms. The van der Waals surface area contributed by atoms with Crippen LogP contribution in [0.4, 0.5) is 10.2 Å². The molecule has 0 spiro atoms. The first kappa shape index (κ1) is 12.7. The molecule has 0 fully saturated rings. The fourth-order valence-corrected chi connectivity index (χ4v) is 1.32. The van der Waals surface area contributed by atoms with Crippen molar-refractivity contribution in [2.75, 3.05) is 19.4 Å². The van der Waals surface area contributed by atoms with Crippen LogP contribution in [0, 0.1) is 5.82 Å². The Labute approximate surface area is 98.4 Å². The Balaban J connectivity index is 2.77. The third-order valence-corrected chi connectivity index (χ3v) is 2.18. The molecule has 0 radical (unpaired) electrons. The highest BCUT2D eigenvalue weighted by atomic mass is 35.5. The zero-order valence-corrected chi connectivity index (χ0v) is 10.0. The molecule has 88 valence electrons. The number of carbonyl (C=O) groups excluding carboxylic acids is 1. The second kappa shape index (κ2) is 5.12. The van der Waals surface area contributed by atoms with E-state index >= 15 is 0 Å². The van der Waals surface area contributed by atoms with Crippen LogP contribution < -0.4 is 5.32 Å². The van der Waals surface area contributed by atoms with Crippen LogP contribution in [0.3, 0.4) is 0 Å². The number of hydrogen-bond acceptors (Lipinski definition) is 3. The van der Waals surface area contributed by atoms with Gasteiger partial charge in [-0.3, -0.25) is 4.79 Å². The van der Waals surface area contributed by atoms with Crippen LogP contribution in [-0.2, 0) is 4.79 Å². The van der Waals surface area contributed by atoms with E-state index in [1.807, 2.05) is 0 Å². The lowest BCUT2D eigenvalue weighted by atomic mass is 10.3. The van der Waals surface area contributed by atoms with Crippen molar-refractivity contribution in [3.05, 3.63) is 23.1 Å². The molecule has 1 aromatic heterocycles. The van der Waals surface area contributed by atoms with Crippen molar-refractivity contribution in [2.45, 2.75) is 13.0 Å². The number of halogens is 2. The van der Waals surface area contributed by atoms with Crippen molar-refractivity contribution in [1.29, 1.82) is 0 Å². The molecule has 0 saturated heterocycles. The maximum absolute atomic E-state index is 13.3. The molecule has 0 unspecified atom stereocenters. The third kappa shape index (κ3) is 3.06. The monoisotopic (exact) mass is 245 g/mol. The second-order valence-electron chi connectivity index (χ2n) is 3.58. The Bertz CT molecular complexity index is 398. The molecular formula is C10H13ClFN3O. The van der Waals surface area contributed by atoms with E-state index in [1.165, 1.54) is 11.1 Å².